The molecule has 4 heteroatoms. The summed E-state index contributed by atoms with van der Waals surface area (Å²) in [5, 5.41) is 3.39. The number of hydrogen-bond acceptors (Lipinski definition) is 3. The molecule has 0 fully saturated rings. The second kappa shape index (κ2) is 7.42. The lowest BCUT2D eigenvalue weighted by atomic mass is 10.1. The zero-order chi connectivity index (χ0) is 22.5. The third kappa shape index (κ3) is 2.86. The number of rotatable bonds is 3. The fraction of sp³-hybridized carbons (Fsp3) is 0. The van der Waals surface area contributed by atoms with Crippen molar-refractivity contribution in [2.45, 2.75) is 0 Å². The van der Waals surface area contributed by atoms with Crippen LogP contribution in [0.4, 0.5) is 0 Å². The van der Waals surface area contributed by atoms with Gasteiger partial charge in [0.2, 0.25) is 5.95 Å². The summed E-state index contributed by atoms with van der Waals surface area (Å²) < 4.78 is 7.87. The van der Waals surface area contributed by atoms with E-state index in [1.54, 1.807) is 6.26 Å². The topological polar surface area (TPSA) is 43.9 Å². The summed E-state index contributed by atoms with van der Waals surface area (Å²) >= 11 is 0. The van der Waals surface area contributed by atoms with Gasteiger partial charge in [-0.25, -0.2) is 9.97 Å². The van der Waals surface area contributed by atoms with Crippen LogP contribution in [0, 0.1) is 0 Å². The van der Waals surface area contributed by atoms with Crippen LogP contribution >= 0.6 is 0 Å². The summed E-state index contributed by atoms with van der Waals surface area (Å²) in [6.45, 7) is 0. The quantitative estimate of drug-likeness (QED) is 0.285. The molecule has 0 N–H and O–H groups in total. The van der Waals surface area contributed by atoms with Crippen LogP contribution in [0.1, 0.15) is 0 Å². The maximum absolute atomic E-state index is 5.70. The summed E-state index contributed by atoms with van der Waals surface area (Å²) in [6, 6.07) is 37.2. The molecule has 3 heterocycles. The molecule has 0 unspecified atom stereocenters. The van der Waals surface area contributed by atoms with Gasteiger partial charge < -0.3 is 4.42 Å². The highest BCUT2D eigenvalue weighted by molar-refractivity contribution is 6.20. The van der Waals surface area contributed by atoms with E-state index in [-0.39, 0.29) is 0 Å². The first-order chi connectivity index (χ1) is 16.9. The van der Waals surface area contributed by atoms with Gasteiger partial charge in [0.25, 0.3) is 0 Å². The minimum absolute atomic E-state index is 0.647. The highest BCUT2D eigenvalue weighted by Gasteiger charge is 2.18. The van der Waals surface area contributed by atoms with Gasteiger partial charge in [0.15, 0.2) is 0 Å². The van der Waals surface area contributed by atoms with E-state index in [1.807, 2.05) is 48.5 Å². The number of para-hydroxylation sites is 1. The molecule has 0 amide bonds. The molecule has 160 valence electrons. The van der Waals surface area contributed by atoms with Crippen molar-refractivity contribution < 1.29 is 4.42 Å². The van der Waals surface area contributed by atoms with E-state index in [4.69, 9.17) is 14.4 Å². The summed E-state index contributed by atoms with van der Waals surface area (Å²) in [5.74, 6) is 0.647. The first kappa shape index (κ1) is 18.8. The molecule has 0 spiro atoms. The van der Waals surface area contributed by atoms with E-state index in [1.165, 1.54) is 0 Å². The Morgan fingerprint density at radius 2 is 1.21 bits per heavy atom. The van der Waals surface area contributed by atoms with Crippen LogP contribution in [-0.4, -0.2) is 14.5 Å². The minimum Gasteiger partial charge on any atom is -0.464 e. The van der Waals surface area contributed by atoms with Crippen LogP contribution in [0.2, 0.25) is 0 Å². The molecular weight excluding hydrogens is 418 g/mol. The van der Waals surface area contributed by atoms with E-state index >= 15 is 0 Å². The van der Waals surface area contributed by atoms with Crippen molar-refractivity contribution in [2.24, 2.45) is 0 Å². The van der Waals surface area contributed by atoms with Crippen molar-refractivity contribution in [3.8, 4) is 28.5 Å². The zero-order valence-corrected chi connectivity index (χ0v) is 18.2. The second-order valence-electron chi connectivity index (χ2n) is 8.32. The lowest BCUT2D eigenvalue weighted by Gasteiger charge is -2.11. The van der Waals surface area contributed by atoms with Crippen molar-refractivity contribution in [1.82, 2.24) is 14.5 Å². The zero-order valence-electron chi connectivity index (χ0n) is 18.2. The Bertz CT molecular complexity index is 1740. The van der Waals surface area contributed by atoms with Crippen LogP contribution in [-0.2, 0) is 0 Å². The molecule has 0 bridgehead atoms. The average Bonchev–Trinajstić information content (AvgIpc) is 3.52. The number of nitrogens with zero attached hydrogens (tertiary/aromatic N) is 3. The first-order valence-corrected chi connectivity index (χ1v) is 11.3. The van der Waals surface area contributed by atoms with Gasteiger partial charge in [-0.15, -0.1) is 0 Å². The number of benzene rings is 4. The first-order valence-electron chi connectivity index (χ1n) is 11.3. The Kier molecular flexibility index (Phi) is 4.11. The molecule has 7 aromatic rings. The summed E-state index contributed by atoms with van der Waals surface area (Å²) in [7, 11) is 0. The number of aromatic nitrogens is 3. The molecule has 0 atom stereocenters. The molecule has 4 aromatic carbocycles. The molecule has 0 aliphatic carbocycles. The predicted octanol–water partition coefficient (Wildman–Crippen LogP) is 7.65. The monoisotopic (exact) mass is 437 g/mol. The second-order valence-corrected chi connectivity index (χ2v) is 8.32. The molecule has 0 aliphatic heterocycles. The van der Waals surface area contributed by atoms with Crippen LogP contribution in [0.25, 0.3) is 61.2 Å². The van der Waals surface area contributed by atoms with E-state index in [0.29, 0.717) is 5.95 Å². The van der Waals surface area contributed by atoms with Crippen molar-refractivity contribution >= 4 is 32.8 Å². The SMILES string of the molecule is c1ccc(-c2cc(-c3ccccc3)nc(-n3c4ccccc4c4c5ccoc5ccc43)n2)cc1. The van der Waals surface area contributed by atoms with E-state index in [0.717, 1.165) is 55.3 Å². The normalized spacial score (nSPS) is 11.5. The molecular formula is C30H19N3O. The van der Waals surface area contributed by atoms with Gasteiger partial charge in [-0.2, -0.15) is 0 Å². The predicted molar refractivity (Wildman–Crippen MR) is 137 cm³/mol. The number of furan rings is 1. The van der Waals surface area contributed by atoms with E-state index < -0.39 is 0 Å². The maximum atomic E-state index is 5.70. The lowest BCUT2D eigenvalue weighted by Crippen LogP contribution is -2.03. The Morgan fingerprint density at radius 1 is 0.559 bits per heavy atom. The number of hydrogen-bond donors (Lipinski definition) is 0. The maximum Gasteiger partial charge on any atom is 0.235 e. The highest BCUT2D eigenvalue weighted by atomic mass is 16.3. The van der Waals surface area contributed by atoms with Crippen LogP contribution in [0.15, 0.2) is 120 Å². The van der Waals surface area contributed by atoms with Gasteiger partial charge in [0.1, 0.15) is 5.58 Å². The smallest absolute Gasteiger partial charge is 0.235 e. The standard InChI is InChI=1S/C30H19N3O/c1-3-9-20(10-4-1)24-19-25(21-11-5-2-6-12-21)32-30(31-24)33-26-14-8-7-13-22(26)29-23-17-18-34-28(23)16-15-27(29)33/h1-19H. The van der Waals surface area contributed by atoms with E-state index in [2.05, 4.69) is 65.2 Å². The Labute approximate surface area is 195 Å². The molecule has 7 rings (SSSR count). The van der Waals surface area contributed by atoms with E-state index in [9.17, 15) is 0 Å². The number of fused-ring (bicyclic) bond motifs is 5. The summed E-state index contributed by atoms with van der Waals surface area (Å²) in [5.41, 5.74) is 6.89. The molecule has 4 nitrogen and oxygen atoms in total. The van der Waals surface area contributed by atoms with Crippen LogP contribution < -0.4 is 0 Å². The van der Waals surface area contributed by atoms with Gasteiger partial charge in [-0.3, -0.25) is 4.57 Å². The Hall–Kier alpha value is -4.70. The lowest BCUT2D eigenvalue weighted by molar-refractivity contribution is 0.616. The largest absolute Gasteiger partial charge is 0.464 e. The van der Waals surface area contributed by atoms with Crippen LogP contribution in [0.5, 0.6) is 0 Å². The highest BCUT2D eigenvalue weighted by Crippen LogP contribution is 2.37. The summed E-state index contributed by atoms with van der Waals surface area (Å²) in [4.78, 5) is 10.1. The molecule has 34 heavy (non-hydrogen) atoms. The van der Waals surface area contributed by atoms with Gasteiger partial charge in [-0.05, 0) is 30.3 Å². The van der Waals surface area contributed by atoms with Gasteiger partial charge in [0, 0.05) is 27.3 Å². The minimum atomic E-state index is 0.647. The fourth-order valence-corrected chi connectivity index (χ4v) is 4.78. The van der Waals surface area contributed by atoms with Gasteiger partial charge >= 0.3 is 0 Å². The van der Waals surface area contributed by atoms with Crippen molar-refractivity contribution in [3.05, 3.63) is 115 Å². The van der Waals surface area contributed by atoms with Crippen molar-refractivity contribution in [2.75, 3.05) is 0 Å². The van der Waals surface area contributed by atoms with Crippen molar-refractivity contribution in [3.63, 3.8) is 0 Å². The molecule has 0 saturated carbocycles. The average molecular weight is 438 g/mol. The molecule has 0 aliphatic rings. The summed E-state index contributed by atoms with van der Waals surface area (Å²) in [6.07, 6.45) is 1.75. The Morgan fingerprint density at radius 3 is 1.91 bits per heavy atom. The molecule has 0 radical (unpaired) electrons. The third-order valence-electron chi connectivity index (χ3n) is 6.32. The van der Waals surface area contributed by atoms with Gasteiger partial charge in [0.05, 0.1) is 28.7 Å². The Balaban J connectivity index is 1.59. The fourth-order valence-electron chi connectivity index (χ4n) is 4.78. The third-order valence-corrected chi connectivity index (χ3v) is 6.32. The van der Waals surface area contributed by atoms with Crippen molar-refractivity contribution in [1.29, 1.82) is 0 Å². The molecule has 0 saturated heterocycles. The van der Waals surface area contributed by atoms with Crippen LogP contribution in [0.3, 0.4) is 0 Å². The van der Waals surface area contributed by atoms with Gasteiger partial charge in [-0.1, -0.05) is 78.9 Å². The molecule has 3 aromatic heterocycles.